The normalized spacial score (nSPS) is 12.1. The first-order chi connectivity index (χ1) is 13.5. The Bertz CT molecular complexity index is 1020. The Morgan fingerprint density at radius 2 is 2.07 bits per heavy atom. The molecule has 1 aliphatic carbocycles. The van der Waals surface area contributed by atoms with Crippen molar-refractivity contribution in [2.75, 3.05) is 17.7 Å². The molecule has 0 bridgehead atoms. The number of ether oxygens (including phenoxy) is 1. The van der Waals surface area contributed by atoms with Crippen LogP contribution in [0.1, 0.15) is 28.7 Å². The molecule has 0 saturated heterocycles. The monoisotopic (exact) mass is 397 g/mol. The van der Waals surface area contributed by atoms with E-state index in [-0.39, 0.29) is 11.3 Å². The number of anilines is 1. The minimum atomic E-state index is -0.611. The highest BCUT2D eigenvalue weighted by molar-refractivity contribution is 7.99. The Hall–Kier alpha value is -3.05. The van der Waals surface area contributed by atoms with Crippen LogP contribution in [0.25, 0.3) is 0 Å². The number of aryl methyl sites for hydroxylation is 3. The highest BCUT2D eigenvalue weighted by atomic mass is 32.2. The summed E-state index contributed by atoms with van der Waals surface area (Å²) in [5.41, 5.74) is 3.75. The number of thioether (sulfide) groups is 1. The fourth-order valence-corrected chi connectivity index (χ4v) is 3.94. The van der Waals surface area contributed by atoms with Crippen molar-refractivity contribution >= 4 is 29.3 Å². The number of H-pyrrole nitrogens is 1. The third kappa shape index (κ3) is 4.81. The summed E-state index contributed by atoms with van der Waals surface area (Å²) in [7, 11) is 0. The molecule has 0 atom stereocenters. The summed E-state index contributed by atoms with van der Waals surface area (Å²) in [6, 6.07) is 9.13. The van der Waals surface area contributed by atoms with Crippen LogP contribution in [0.2, 0.25) is 0 Å². The minimum absolute atomic E-state index is 0.125. The number of aromatic amines is 1. The standard InChI is InChI=1S/C20H19N3O4S/c1-12-7-17(24)23-20(16(12)9-21)28-11-19(26)27-10-18(25)22-15-6-5-13-3-2-4-14(13)8-15/h5-8H,2-4,10-11H2,1H3,(H,22,25)(H,23,24). The molecule has 1 heterocycles. The molecule has 0 unspecified atom stereocenters. The Morgan fingerprint density at radius 3 is 2.86 bits per heavy atom. The average molecular weight is 397 g/mol. The van der Waals surface area contributed by atoms with E-state index in [9.17, 15) is 19.6 Å². The van der Waals surface area contributed by atoms with E-state index in [2.05, 4.69) is 10.3 Å². The number of esters is 1. The van der Waals surface area contributed by atoms with E-state index < -0.39 is 18.5 Å². The highest BCUT2D eigenvalue weighted by Crippen LogP contribution is 2.25. The number of carbonyl (C=O) groups is 2. The molecule has 0 radical (unpaired) electrons. The molecule has 2 N–H and O–H groups in total. The lowest BCUT2D eigenvalue weighted by atomic mass is 10.1. The Labute approximate surface area is 166 Å². The summed E-state index contributed by atoms with van der Waals surface area (Å²) in [5.74, 6) is -1.15. The molecule has 144 valence electrons. The molecule has 1 aliphatic rings. The lowest BCUT2D eigenvalue weighted by Gasteiger charge is -2.09. The first kappa shape index (κ1) is 19.7. The van der Waals surface area contributed by atoms with Gasteiger partial charge in [-0.3, -0.25) is 14.4 Å². The molecule has 0 fully saturated rings. The number of amides is 1. The number of pyridine rings is 1. The highest BCUT2D eigenvalue weighted by Gasteiger charge is 2.14. The maximum atomic E-state index is 12.0. The van der Waals surface area contributed by atoms with Crippen LogP contribution < -0.4 is 10.9 Å². The Morgan fingerprint density at radius 1 is 1.29 bits per heavy atom. The molecule has 28 heavy (non-hydrogen) atoms. The maximum absolute atomic E-state index is 12.0. The summed E-state index contributed by atoms with van der Waals surface area (Å²) in [5, 5.41) is 12.2. The molecule has 1 aromatic carbocycles. The van der Waals surface area contributed by atoms with Crippen LogP contribution in [0.3, 0.4) is 0 Å². The van der Waals surface area contributed by atoms with Crippen molar-refractivity contribution in [3.63, 3.8) is 0 Å². The van der Waals surface area contributed by atoms with Gasteiger partial charge in [0.25, 0.3) is 5.91 Å². The summed E-state index contributed by atoms with van der Waals surface area (Å²) < 4.78 is 4.98. The lowest BCUT2D eigenvalue weighted by molar-refractivity contribution is -0.144. The van der Waals surface area contributed by atoms with Crippen LogP contribution in [-0.2, 0) is 27.2 Å². The van der Waals surface area contributed by atoms with E-state index in [1.165, 1.54) is 17.2 Å². The number of nitriles is 1. The van der Waals surface area contributed by atoms with Gasteiger partial charge in [-0.05, 0) is 55.0 Å². The fourth-order valence-electron chi connectivity index (χ4n) is 3.07. The van der Waals surface area contributed by atoms with E-state index in [1.54, 1.807) is 6.92 Å². The zero-order valence-corrected chi connectivity index (χ0v) is 16.1. The largest absolute Gasteiger partial charge is 0.455 e. The molecule has 0 aliphatic heterocycles. The number of aromatic nitrogens is 1. The second-order valence-electron chi connectivity index (χ2n) is 6.47. The summed E-state index contributed by atoms with van der Waals surface area (Å²) >= 11 is 0.993. The lowest BCUT2D eigenvalue weighted by Crippen LogP contribution is -2.21. The molecular weight excluding hydrogens is 378 g/mol. The van der Waals surface area contributed by atoms with E-state index >= 15 is 0 Å². The van der Waals surface area contributed by atoms with E-state index in [0.717, 1.165) is 31.0 Å². The third-order valence-electron chi connectivity index (χ3n) is 4.40. The summed E-state index contributed by atoms with van der Waals surface area (Å²) in [4.78, 5) is 38.0. The molecule has 7 nitrogen and oxygen atoms in total. The van der Waals surface area contributed by atoms with Gasteiger partial charge in [0.15, 0.2) is 6.61 Å². The zero-order chi connectivity index (χ0) is 20.1. The summed E-state index contributed by atoms with van der Waals surface area (Å²) in [6.07, 6.45) is 3.21. The van der Waals surface area contributed by atoms with Gasteiger partial charge in [-0.25, -0.2) is 0 Å². The van der Waals surface area contributed by atoms with Crippen LogP contribution in [0.15, 0.2) is 34.1 Å². The van der Waals surface area contributed by atoms with Crippen molar-refractivity contribution in [2.45, 2.75) is 31.2 Å². The SMILES string of the molecule is Cc1cc(=O)[nH]c(SCC(=O)OCC(=O)Nc2ccc3c(c2)CCC3)c1C#N. The minimum Gasteiger partial charge on any atom is -0.455 e. The Kier molecular flexibility index (Phi) is 6.16. The van der Waals surface area contributed by atoms with Crippen molar-refractivity contribution in [2.24, 2.45) is 0 Å². The number of carbonyl (C=O) groups excluding carboxylic acids is 2. The molecule has 2 aromatic rings. The fraction of sp³-hybridized carbons (Fsp3) is 0.300. The van der Waals surface area contributed by atoms with Crippen LogP contribution in [0.5, 0.6) is 0 Å². The van der Waals surface area contributed by atoms with E-state index in [1.807, 2.05) is 24.3 Å². The van der Waals surface area contributed by atoms with Crippen molar-refractivity contribution in [1.82, 2.24) is 4.98 Å². The van der Waals surface area contributed by atoms with Gasteiger partial charge >= 0.3 is 5.97 Å². The molecule has 1 amide bonds. The third-order valence-corrected chi connectivity index (χ3v) is 5.37. The Balaban J connectivity index is 1.49. The van der Waals surface area contributed by atoms with Gasteiger partial charge in [0, 0.05) is 11.8 Å². The number of hydrogen-bond donors (Lipinski definition) is 2. The zero-order valence-electron chi connectivity index (χ0n) is 15.3. The molecule has 8 heteroatoms. The van der Waals surface area contributed by atoms with Crippen LogP contribution >= 0.6 is 11.8 Å². The van der Waals surface area contributed by atoms with Gasteiger partial charge in [0.2, 0.25) is 5.56 Å². The van der Waals surface area contributed by atoms with Gasteiger partial charge in [0.1, 0.15) is 6.07 Å². The van der Waals surface area contributed by atoms with Crippen molar-refractivity contribution in [1.29, 1.82) is 5.26 Å². The molecule has 0 spiro atoms. The van der Waals surface area contributed by atoms with Gasteiger partial charge in [-0.15, -0.1) is 0 Å². The first-order valence-corrected chi connectivity index (χ1v) is 9.79. The number of fused-ring (bicyclic) bond motifs is 1. The summed E-state index contributed by atoms with van der Waals surface area (Å²) in [6.45, 7) is 1.26. The van der Waals surface area contributed by atoms with Crippen molar-refractivity contribution in [3.8, 4) is 6.07 Å². The maximum Gasteiger partial charge on any atom is 0.316 e. The number of nitrogens with one attached hydrogen (secondary N) is 2. The number of nitrogens with zero attached hydrogens (tertiary/aromatic N) is 1. The van der Waals surface area contributed by atoms with Gasteiger partial charge in [0.05, 0.1) is 16.3 Å². The predicted octanol–water partition coefficient (Wildman–Crippen LogP) is 2.32. The van der Waals surface area contributed by atoms with Crippen LogP contribution in [0, 0.1) is 18.3 Å². The van der Waals surface area contributed by atoms with E-state index in [0.29, 0.717) is 21.8 Å². The topological polar surface area (TPSA) is 112 Å². The average Bonchev–Trinajstić information content (AvgIpc) is 3.12. The van der Waals surface area contributed by atoms with Gasteiger partial charge in [-0.1, -0.05) is 17.8 Å². The van der Waals surface area contributed by atoms with Gasteiger partial charge < -0.3 is 15.0 Å². The van der Waals surface area contributed by atoms with E-state index in [4.69, 9.17) is 4.74 Å². The predicted molar refractivity (Wildman–Crippen MR) is 105 cm³/mol. The van der Waals surface area contributed by atoms with Gasteiger partial charge in [-0.2, -0.15) is 5.26 Å². The van der Waals surface area contributed by atoms with Crippen LogP contribution in [0.4, 0.5) is 5.69 Å². The molecule has 1 aromatic heterocycles. The smallest absolute Gasteiger partial charge is 0.316 e. The number of rotatable bonds is 6. The van der Waals surface area contributed by atoms with Crippen LogP contribution in [-0.4, -0.2) is 29.2 Å². The first-order valence-electron chi connectivity index (χ1n) is 8.80. The number of hydrogen-bond acceptors (Lipinski definition) is 6. The molecular formula is C20H19N3O4S. The molecule has 3 rings (SSSR count). The number of benzene rings is 1. The quantitative estimate of drug-likeness (QED) is 0.571. The second kappa shape index (κ2) is 8.76. The van der Waals surface area contributed by atoms with Crippen molar-refractivity contribution < 1.29 is 14.3 Å². The van der Waals surface area contributed by atoms with Crippen molar-refractivity contribution in [3.05, 3.63) is 56.9 Å². The molecule has 0 saturated carbocycles. The second-order valence-corrected chi connectivity index (χ2v) is 7.45.